The van der Waals surface area contributed by atoms with Gasteiger partial charge in [-0.05, 0) is 38.1 Å². The smallest absolute Gasteiger partial charge is 0.419 e. The number of aromatic nitrogens is 4. The number of carbonyl (C=O) groups excluding carboxylic acids is 1. The van der Waals surface area contributed by atoms with Crippen LogP contribution in [-0.2, 0) is 11.8 Å². The first-order valence-corrected chi connectivity index (χ1v) is 11.3. The molecule has 1 aliphatic rings. The molecule has 36 heavy (non-hydrogen) atoms. The number of amidine groups is 1. The number of ether oxygens (including phenoxy) is 2. The third kappa shape index (κ3) is 4.29. The topological polar surface area (TPSA) is 123 Å². The fourth-order valence-corrected chi connectivity index (χ4v) is 4.00. The van der Waals surface area contributed by atoms with Gasteiger partial charge >= 0.3 is 6.09 Å². The summed E-state index contributed by atoms with van der Waals surface area (Å²) in [5.41, 5.74) is 9.32. The van der Waals surface area contributed by atoms with Gasteiger partial charge in [0.2, 0.25) is 0 Å². The average molecular weight is 490 g/mol. The number of hydrogen-bond donors (Lipinski definition) is 3. The van der Waals surface area contributed by atoms with Crippen molar-refractivity contribution in [2.45, 2.75) is 20.0 Å². The van der Waals surface area contributed by atoms with Gasteiger partial charge in [-0.25, -0.2) is 19.9 Å². The molecule has 0 unspecified atom stereocenters. The SMILES string of the molecule is COc1cc(C2=NNNN2C)ccc1Nc1cc2c(cn1)cc(-c1cnn(C)c1)n2C(=O)OC(C)C. The van der Waals surface area contributed by atoms with Crippen molar-refractivity contribution in [3.05, 3.63) is 54.5 Å². The summed E-state index contributed by atoms with van der Waals surface area (Å²) >= 11 is 0. The van der Waals surface area contributed by atoms with Crippen molar-refractivity contribution < 1.29 is 14.3 Å². The highest BCUT2D eigenvalue weighted by atomic mass is 16.6. The molecule has 4 heterocycles. The van der Waals surface area contributed by atoms with Gasteiger partial charge in [0, 0.05) is 49.1 Å². The Kier molecular flexibility index (Phi) is 5.94. The minimum atomic E-state index is -0.471. The molecule has 5 rings (SSSR count). The van der Waals surface area contributed by atoms with Gasteiger partial charge in [-0.15, -0.1) is 10.6 Å². The quantitative estimate of drug-likeness (QED) is 0.375. The lowest BCUT2D eigenvalue weighted by Gasteiger charge is -2.15. The number of fused-ring (bicyclic) bond motifs is 1. The summed E-state index contributed by atoms with van der Waals surface area (Å²) in [7, 11) is 5.29. The van der Waals surface area contributed by atoms with E-state index in [9.17, 15) is 4.79 Å². The standard InChI is InChI=1S/C24H27N9O3/c1-14(2)36-24(34)33-19(17-12-26-31(3)13-17)8-16-11-25-22(10-20(16)33)27-18-7-6-15(9-21(18)35-5)23-28-29-30-32(23)4/h6-14,29-30H,1-5H3,(H,25,27). The number of methoxy groups -OCH3 is 1. The number of aryl methyl sites for hydroxylation is 1. The van der Waals surface area contributed by atoms with E-state index in [2.05, 4.69) is 31.6 Å². The largest absolute Gasteiger partial charge is 0.495 e. The Labute approximate surface area is 207 Å². The molecule has 0 spiro atoms. The maximum atomic E-state index is 13.1. The molecule has 186 valence electrons. The molecule has 0 atom stereocenters. The van der Waals surface area contributed by atoms with Crippen LogP contribution in [0.1, 0.15) is 19.4 Å². The van der Waals surface area contributed by atoms with Crippen molar-refractivity contribution in [2.24, 2.45) is 12.1 Å². The van der Waals surface area contributed by atoms with Crippen LogP contribution >= 0.6 is 0 Å². The predicted octanol–water partition coefficient (Wildman–Crippen LogP) is 3.20. The van der Waals surface area contributed by atoms with Gasteiger partial charge in [-0.1, -0.05) is 0 Å². The Morgan fingerprint density at radius 1 is 1.11 bits per heavy atom. The van der Waals surface area contributed by atoms with Gasteiger partial charge in [-0.3, -0.25) is 9.69 Å². The first-order chi connectivity index (χ1) is 17.3. The van der Waals surface area contributed by atoms with Crippen LogP contribution in [0.4, 0.5) is 16.3 Å². The molecular weight excluding hydrogens is 462 g/mol. The molecule has 12 heteroatoms. The number of carbonyl (C=O) groups is 1. The number of benzene rings is 1. The van der Waals surface area contributed by atoms with E-state index in [-0.39, 0.29) is 6.10 Å². The van der Waals surface area contributed by atoms with E-state index in [0.29, 0.717) is 28.5 Å². The zero-order valence-corrected chi connectivity index (χ0v) is 20.6. The van der Waals surface area contributed by atoms with Crippen LogP contribution in [-0.4, -0.2) is 56.5 Å². The fourth-order valence-electron chi connectivity index (χ4n) is 4.00. The van der Waals surface area contributed by atoms with Crippen LogP contribution in [0.2, 0.25) is 0 Å². The number of hydrazine groups is 2. The van der Waals surface area contributed by atoms with Crippen molar-refractivity contribution in [1.82, 2.24) is 35.4 Å². The van der Waals surface area contributed by atoms with E-state index < -0.39 is 6.09 Å². The lowest BCUT2D eigenvalue weighted by atomic mass is 10.1. The highest BCUT2D eigenvalue weighted by Gasteiger charge is 2.21. The minimum Gasteiger partial charge on any atom is -0.495 e. The molecule has 0 radical (unpaired) electrons. The van der Waals surface area contributed by atoms with Crippen LogP contribution < -0.4 is 21.1 Å². The maximum absolute atomic E-state index is 13.1. The summed E-state index contributed by atoms with van der Waals surface area (Å²) in [6, 6.07) is 9.42. The number of nitrogens with zero attached hydrogens (tertiary/aromatic N) is 6. The van der Waals surface area contributed by atoms with E-state index >= 15 is 0 Å². The molecule has 0 saturated carbocycles. The van der Waals surface area contributed by atoms with Gasteiger partial charge in [0.1, 0.15) is 11.6 Å². The van der Waals surface area contributed by atoms with Crippen molar-refractivity contribution in [1.29, 1.82) is 0 Å². The molecule has 3 N–H and O–H groups in total. The van der Waals surface area contributed by atoms with Crippen LogP contribution in [0, 0.1) is 0 Å². The van der Waals surface area contributed by atoms with Gasteiger partial charge in [0.05, 0.1) is 36.3 Å². The monoisotopic (exact) mass is 489 g/mol. The van der Waals surface area contributed by atoms with Gasteiger partial charge in [0.15, 0.2) is 5.84 Å². The van der Waals surface area contributed by atoms with Gasteiger partial charge < -0.3 is 14.8 Å². The summed E-state index contributed by atoms with van der Waals surface area (Å²) < 4.78 is 14.4. The highest BCUT2D eigenvalue weighted by Crippen LogP contribution is 2.32. The summed E-state index contributed by atoms with van der Waals surface area (Å²) in [4.78, 5) is 17.7. The number of rotatable bonds is 6. The van der Waals surface area contributed by atoms with Crippen LogP contribution in [0.25, 0.3) is 22.2 Å². The molecule has 4 aromatic rings. The molecule has 0 saturated heterocycles. The van der Waals surface area contributed by atoms with E-state index in [1.54, 1.807) is 33.8 Å². The second-order valence-electron chi connectivity index (χ2n) is 8.59. The summed E-state index contributed by atoms with van der Waals surface area (Å²) in [6.45, 7) is 3.64. The van der Waals surface area contributed by atoms with Crippen LogP contribution in [0.3, 0.4) is 0 Å². The summed E-state index contributed by atoms with van der Waals surface area (Å²) in [5, 5.41) is 14.3. The third-order valence-corrected chi connectivity index (χ3v) is 5.63. The third-order valence-electron chi connectivity index (χ3n) is 5.63. The Hall–Kier alpha value is -4.58. The predicted molar refractivity (Wildman–Crippen MR) is 136 cm³/mol. The number of anilines is 2. The Morgan fingerprint density at radius 3 is 2.61 bits per heavy atom. The van der Waals surface area contributed by atoms with Gasteiger partial charge in [0.25, 0.3) is 0 Å². The highest BCUT2D eigenvalue weighted by molar-refractivity contribution is 6.00. The zero-order valence-electron chi connectivity index (χ0n) is 20.6. The second-order valence-corrected chi connectivity index (χ2v) is 8.59. The molecule has 1 aliphatic heterocycles. The molecule has 0 bridgehead atoms. The first-order valence-electron chi connectivity index (χ1n) is 11.3. The van der Waals surface area contributed by atoms with Crippen LogP contribution in [0.5, 0.6) is 5.75 Å². The van der Waals surface area contributed by atoms with E-state index in [1.807, 2.05) is 64.5 Å². The number of pyridine rings is 1. The number of hydrogen-bond acceptors (Lipinski definition) is 10. The Bertz CT molecular complexity index is 1470. The van der Waals surface area contributed by atoms with E-state index in [1.165, 1.54) is 0 Å². The Balaban J connectivity index is 1.53. The van der Waals surface area contributed by atoms with Crippen molar-refractivity contribution in [2.75, 3.05) is 19.5 Å². The summed E-state index contributed by atoms with van der Waals surface area (Å²) in [6.07, 6.45) is 4.54. The van der Waals surface area contributed by atoms with Crippen molar-refractivity contribution in [3.63, 3.8) is 0 Å². The first kappa shape index (κ1) is 23.2. The van der Waals surface area contributed by atoms with E-state index in [0.717, 1.165) is 22.3 Å². The van der Waals surface area contributed by atoms with E-state index in [4.69, 9.17) is 9.47 Å². The lowest BCUT2D eigenvalue weighted by Crippen LogP contribution is -2.37. The lowest BCUT2D eigenvalue weighted by molar-refractivity contribution is 0.118. The van der Waals surface area contributed by atoms with Gasteiger partial charge in [-0.2, -0.15) is 5.10 Å². The summed E-state index contributed by atoms with van der Waals surface area (Å²) in [5.74, 6) is 1.88. The number of hydrazone groups is 1. The van der Waals surface area contributed by atoms with Crippen molar-refractivity contribution >= 4 is 34.3 Å². The Morgan fingerprint density at radius 2 is 1.94 bits per heavy atom. The minimum absolute atomic E-state index is 0.271. The zero-order chi connectivity index (χ0) is 25.4. The molecule has 12 nitrogen and oxygen atoms in total. The molecule has 3 aromatic heterocycles. The fraction of sp³-hybridized carbons (Fsp3) is 0.250. The van der Waals surface area contributed by atoms with Crippen molar-refractivity contribution in [3.8, 4) is 17.0 Å². The molecular formula is C24H27N9O3. The number of nitrogens with one attached hydrogen (secondary N) is 3. The molecule has 1 aromatic carbocycles. The average Bonchev–Trinajstić information content (AvgIpc) is 3.56. The van der Waals surface area contributed by atoms with Crippen LogP contribution in [0.15, 0.2) is 54.0 Å². The maximum Gasteiger partial charge on any atom is 0.419 e. The molecule has 0 amide bonds. The normalized spacial score (nSPS) is 13.2. The molecule has 0 aliphatic carbocycles. The molecule has 0 fully saturated rings. The second kappa shape index (κ2) is 9.23.